The summed E-state index contributed by atoms with van der Waals surface area (Å²) in [6.07, 6.45) is 3.46. The van der Waals surface area contributed by atoms with Crippen LogP contribution in [0.25, 0.3) is 0 Å². The molecule has 0 aromatic rings. The monoisotopic (exact) mass is 230 g/mol. The summed E-state index contributed by atoms with van der Waals surface area (Å²) in [7, 11) is 0. The SMILES string of the molecule is CC(Br)CCCC#CC(C)(C)C. The Morgan fingerprint density at radius 3 is 2.33 bits per heavy atom. The second-order valence-electron chi connectivity index (χ2n) is 4.22. The second-order valence-corrected chi connectivity index (χ2v) is 5.79. The zero-order valence-corrected chi connectivity index (χ0v) is 10.2. The first-order valence-electron chi connectivity index (χ1n) is 4.56. The molecular weight excluding hydrogens is 212 g/mol. The maximum atomic E-state index is 3.52. The van der Waals surface area contributed by atoms with Gasteiger partial charge in [0.1, 0.15) is 0 Å². The Bertz CT molecular complexity index is 164. The minimum absolute atomic E-state index is 0.167. The first kappa shape index (κ1) is 12.0. The highest BCUT2D eigenvalue weighted by molar-refractivity contribution is 9.09. The van der Waals surface area contributed by atoms with Crippen molar-refractivity contribution in [2.75, 3.05) is 0 Å². The molecule has 0 aliphatic heterocycles. The molecule has 0 rings (SSSR count). The van der Waals surface area contributed by atoms with Crippen LogP contribution in [0.2, 0.25) is 0 Å². The molecule has 0 spiro atoms. The minimum atomic E-state index is 0.167. The van der Waals surface area contributed by atoms with E-state index in [0.29, 0.717) is 4.83 Å². The third-order valence-electron chi connectivity index (χ3n) is 1.37. The molecule has 0 saturated heterocycles. The number of alkyl halides is 1. The Hall–Kier alpha value is 0.0400. The van der Waals surface area contributed by atoms with Gasteiger partial charge in [-0.1, -0.05) is 28.8 Å². The summed E-state index contributed by atoms with van der Waals surface area (Å²) < 4.78 is 0. The van der Waals surface area contributed by atoms with Crippen molar-refractivity contribution in [3.8, 4) is 11.8 Å². The van der Waals surface area contributed by atoms with E-state index < -0.39 is 0 Å². The van der Waals surface area contributed by atoms with Crippen LogP contribution in [0.15, 0.2) is 0 Å². The van der Waals surface area contributed by atoms with Crippen molar-refractivity contribution >= 4 is 15.9 Å². The van der Waals surface area contributed by atoms with Crippen molar-refractivity contribution in [3.05, 3.63) is 0 Å². The third kappa shape index (κ3) is 10.0. The lowest BCUT2D eigenvalue weighted by molar-refractivity contribution is 0.569. The number of halogens is 1. The van der Waals surface area contributed by atoms with Crippen LogP contribution >= 0.6 is 15.9 Å². The molecule has 0 fully saturated rings. The predicted molar refractivity (Wildman–Crippen MR) is 59.5 cm³/mol. The summed E-state index contributed by atoms with van der Waals surface area (Å²) in [4.78, 5) is 0.633. The van der Waals surface area contributed by atoms with E-state index in [4.69, 9.17) is 0 Å². The van der Waals surface area contributed by atoms with E-state index in [0.717, 1.165) is 6.42 Å². The van der Waals surface area contributed by atoms with Gasteiger partial charge < -0.3 is 0 Å². The van der Waals surface area contributed by atoms with Gasteiger partial charge in [0.15, 0.2) is 0 Å². The summed E-state index contributed by atoms with van der Waals surface area (Å²) in [6, 6.07) is 0. The first-order valence-corrected chi connectivity index (χ1v) is 5.47. The zero-order valence-electron chi connectivity index (χ0n) is 8.58. The Kier molecular flexibility index (Phi) is 5.66. The smallest absolute Gasteiger partial charge is 0.0230 e. The normalized spacial score (nSPS) is 13.4. The lowest BCUT2D eigenvalue weighted by atomic mass is 9.98. The summed E-state index contributed by atoms with van der Waals surface area (Å²) >= 11 is 3.52. The maximum absolute atomic E-state index is 3.52. The second kappa shape index (κ2) is 5.65. The van der Waals surface area contributed by atoms with E-state index in [1.807, 2.05) is 0 Å². The highest BCUT2D eigenvalue weighted by Crippen LogP contribution is 2.11. The molecule has 0 aromatic heterocycles. The highest BCUT2D eigenvalue weighted by Gasteiger charge is 2.02. The van der Waals surface area contributed by atoms with Crippen LogP contribution in [0.5, 0.6) is 0 Å². The molecule has 0 bridgehead atoms. The van der Waals surface area contributed by atoms with Gasteiger partial charge in [0.25, 0.3) is 0 Å². The van der Waals surface area contributed by atoms with Crippen LogP contribution in [0.1, 0.15) is 47.0 Å². The van der Waals surface area contributed by atoms with Crippen LogP contribution in [-0.2, 0) is 0 Å². The maximum Gasteiger partial charge on any atom is 0.0230 e. The van der Waals surface area contributed by atoms with Crippen LogP contribution in [0.4, 0.5) is 0 Å². The Morgan fingerprint density at radius 2 is 1.92 bits per heavy atom. The molecule has 70 valence electrons. The van der Waals surface area contributed by atoms with Crippen LogP contribution in [0, 0.1) is 17.3 Å². The van der Waals surface area contributed by atoms with Crippen LogP contribution < -0.4 is 0 Å². The number of hydrogen-bond acceptors (Lipinski definition) is 0. The van der Waals surface area contributed by atoms with Crippen molar-refractivity contribution in [2.45, 2.75) is 51.8 Å². The van der Waals surface area contributed by atoms with Crippen molar-refractivity contribution in [2.24, 2.45) is 5.41 Å². The van der Waals surface area contributed by atoms with Gasteiger partial charge in [-0.15, -0.1) is 5.92 Å². The molecule has 12 heavy (non-hydrogen) atoms. The predicted octanol–water partition coefficient (Wildman–Crippen LogP) is 3.99. The van der Waals surface area contributed by atoms with Crippen molar-refractivity contribution < 1.29 is 0 Å². The molecule has 1 atom stereocenters. The van der Waals surface area contributed by atoms with Gasteiger partial charge in [-0.3, -0.25) is 0 Å². The molecule has 1 unspecified atom stereocenters. The third-order valence-corrected chi connectivity index (χ3v) is 1.82. The largest absolute Gasteiger partial charge is 0.103 e. The fraction of sp³-hybridized carbons (Fsp3) is 0.818. The lowest BCUT2D eigenvalue weighted by Crippen LogP contribution is -1.99. The van der Waals surface area contributed by atoms with E-state index in [1.165, 1.54) is 12.8 Å². The van der Waals surface area contributed by atoms with E-state index >= 15 is 0 Å². The quantitative estimate of drug-likeness (QED) is 0.391. The summed E-state index contributed by atoms with van der Waals surface area (Å²) in [5.74, 6) is 6.44. The molecule has 0 amide bonds. The molecule has 0 aliphatic rings. The molecule has 0 heterocycles. The van der Waals surface area contributed by atoms with Gasteiger partial charge in [0, 0.05) is 16.7 Å². The van der Waals surface area contributed by atoms with E-state index in [1.54, 1.807) is 0 Å². The standard InChI is InChI=1S/C11H19Br/c1-10(12)8-6-5-7-9-11(2,3)4/h10H,5-6,8H2,1-4H3. The number of hydrogen-bond donors (Lipinski definition) is 0. The van der Waals surface area contributed by atoms with Crippen molar-refractivity contribution in [1.82, 2.24) is 0 Å². The van der Waals surface area contributed by atoms with Crippen LogP contribution in [-0.4, -0.2) is 4.83 Å². The molecule has 0 saturated carbocycles. The average Bonchev–Trinajstić information content (AvgIpc) is 1.83. The molecule has 0 radical (unpaired) electrons. The molecule has 0 N–H and O–H groups in total. The van der Waals surface area contributed by atoms with E-state index in [9.17, 15) is 0 Å². The zero-order chi connectivity index (χ0) is 9.61. The van der Waals surface area contributed by atoms with Crippen molar-refractivity contribution in [1.29, 1.82) is 0 Å². The van der Waals surface area contributed by atoms with Gasteiger partial charge in [0.05, 0.1) is 0 Å². The van der Waals surface area contributed by atoms with Gasteiger partial charge in [0.2, 0.25) is 0 Å². The molecule has 0 aromatic carbocycles. The summed E-state index contributed by atoms with van der Waals surface area (Å²) in [5.41, 5.74) is 0.167. The van der Waals surface area contributed by atoms with Gasteiger partial charge in [-0.25, -0.2) is 0 Å². The highest BCUT2D eigenvalue weighted by atomic mass is 79.9. The molecular formula is C11H19Br. The minimum Gasteiger partial charge on any atom is -0.103 e. The van der Waals surface area contributed by atoms with Gasteiger partial charge in [-0.2, -0.15) is 0 Å². The molecule has 0 aliphatic carbocycles. The van der Waals surface area contributed by atoms with Crippen molar-refractivity contribution in [3.63, 3.8) is 0 Å². The van der Waals surface area contributed by atoms with E-state index in [-0.39, 0.29) is 5.41 Å². The fourth-order valence-electron chi connectivity index (χ4n) is 0.799. The Morgan fingerprint density at radius 1 is 1.33 bits per heavy atom. The molecule has 0 nitrogen and oxygen atoms in total. The fourth-order valence-corrected chi connectivity index (χ4v) is 1.12. The number of unbranched alkanes of at least 4 members (excludes halogenated alkanes) is 1. The lowest BCUT2D eigenvalue weighted by Gasteiger charge is -2.06. The Balaban J connectivity index is 3.47. The van der Waals surface area contributed by atoms with Gasteiger partial charge >= 0.3 is 0 Å². The number of rotatable bonds is 3. The topological polar surface area (TPSA) is 0 Å². The van der Waals surface area contributed by atoms with E-state index in [2.05, 4.69) is 55.5 Å². The van der Waals surface area contributed by atoms with Crippen LogP contribution in [0.3, 0.4) is 0 Å². The average molecular weight is 231 g/mol. The summed E-state index contributed by atoms with van der Waals surface area (Å²) in [6.45, 7) is 8.62. The van der Waals surface area contributed by atoms with Gasteiger partial charge in [-0.05, 0) is 33.6 Å². The first-order chi connectivity index (χ1) is 5.42. The summed E-state index contributed by atoms with van der Waals surface area (Å²) in [5, 5.41) is 0. The molecule has 1 heteroatoms. The Labute approximate surface area is 85.3 Å².